The second-order valence-electron chi connectivity index (χ2n) is 5.08. The Balaban J connectivity index is 1.80. The summed E-state index contributed by atoms with van der Waals surface area (Å²) in [5.74, 6) is 0.0231. The zero-order chi connectivity index (χ0) is 14.9. The van der Waals surface area contributed by atoms with E-state index in [-0.39, 0.29) is 12.0 Å². The Morgan fingerprint density at radius 1 is 1.43 bits per heavy atom. The number of carbonyl (C=O) groups is 1. The normalized spacial score (nSPS) is 18.4. The maximum absolute atomic E-state index is 12.0. The highest BCUT2D eigenvalue weighted by atomic mass is 16.5. The molecular formula is C16H24N2O3. The number of morpholine rings is 1. The monoisotopic (exact) mass is 292 g/mol. The molecule has 0 saturated carbocycles. The summed E-state index contributed by atoms with van der Waals surface area (Å²) in [5.41, 5.74) is 2.22. The van der Waals surface area contributed by atoms with Crippen molar-refractivity contribution >= 4 is 5.91 Å². The molecule has 0 aliphatic carbocycles. The minimum atomic E-state index is -0.0163. The van der Waals surface area contributed by atoms with Crippen LogP contribution in [0.15, 0.2) is 24.3 Å². The van der Waals surface area contributed by atoms with Gasteiger partial charge in [-0.3, -0.25) is 4.79 Å². The predicted molar refractivity (Wildman–Crippen MR) is 80.8 cm³/mol. The number of carbonyl (C=O) groups excluding carboxylic acids is 1. The number of ether oxygens (including phenoxy) is 2. The molecule has 1 aromatic rings. The standard InChI is InChI=1S/C16H24N2O3/c1-2-20-12-14-6-4-3-5-13(14)10-18-16(19)9-15-11-17-7-8-21-15/h3-6,15,17H,2,7-12H2,1H3,(H,18,19). The molecule has 5 nitrogen and oxygen atoms in total. The molecule has 1 atom stereocenters. The van der Waals surface area contributed by atoms with Crippen LogP contribution in [0.1, 0.15) is 24.5 Å². The molecule has 1 aliphatic heterocycles. The Hall–Kier alpha value is -1.43. The quantitative estimate of drug-likeness (QED) is 0.793. The summed E-state index contributed by atoms with van der Waals surface area (Å²) < 4.78 is 11.0. The highest BCUT2D eigenvalue weighted by molar-refractivity contribution is 5.76. The van der Waals surface area contributed by atoms with E-state index in [4.69, 9.17) is 9.47 Å². The Morgan fingerprint density at radius 3 is 2.95 bits per heavy atom. The molecule has 1 saturated heterocycles. The van der Waals surface area contributed by atoms with E-state index >= 15 is 0 Å². The van der Waals surface area contributed by atoms with Crippen LogP contribution in [0.25, 0.3) is 0 Å². The number of amides is 1. The molecule has 0 radical (unpaired) electrons. The van der Waals surface area contributed by atoms with Crippen molar-refractivity contribution < 1.29 is 14.3 Å². The summed E-state index contributed by atoms with van der Waals surface area (Å²) >= 11 is 0. The first-order valence-electron chi connectivity index (χ1n) is 7.53. The summed E-state index contributed by atoms with van der Waals surface area (Å²) in [5, 5.41) is 6.19. The zero-order valence-corrected chi connectivity index (χ0v) is 12.6. The van der Waals surface area contributed by atoms with Crippen molar-refractivity contribution in [1.82, 2.24) is 10.6 Å². The number of rotatable bonds is 7. The summed E-state index contributed by atoms with van der Waals surface area (Å²) in [6, 6.07) is 8.02. The van der Waals surface area contributed by atoms with Crippen molar-refractivity contribution in [2.45, 2.75) is 32.6 Å². The maximum Gasteiger partial charge on any atom is 0.222 e. The van der Waals surface area contributed by atoms with Crippen molar-refractivity contribution in [2.75, 3.05) is 26.3 Å². The molecule has 1 unspecified atom stereocenters. The van der Waals surface area contributed by atoms with Crippen molar-refractivity contribution in [1.29, 1.82) is 0 Å². The van der Waals surface area contributed by atoms with Crippen LogP contribution < -0.4 is 10.6 Å². The van der Waals surface area contributed by atoms with Crippen LogP contribution in [0, 0.1) is 0 Å². The van der Waals surface area contributed by atoms with E-state index < -0.39 is 0 Å². The van der Waals surface area contributed by atoms with Crippen LogP contribution in [0.3, 0.4) is 0 Å². The van der Waals surface area contributed by atoms with Gasteiger partial charge in [-0.1, -0.05) is 24.3 Å². The first-order valence-corrected chi connectivity index (χ1v) is 7.53. The summed E-state index contributed by atoms with van der Waals surface area (Å²) in [4.78, 5) is 12.0. The van der Waals surface area contributed by atoms with Crippen LogP contribution >= 0.6 is 0 Å². The van der Waals surface area contributed by atoms with Gasteiger partial charge < -0.3 is 20.1 Å². The van der Waals surface area contributed by atoms with E-state index in [1.165, 1.54) is 0 Å². The molecule has 2 N–H and O–H groups in total. The lowest BCUT2D eigenvalue weighted by atomic mass is 10.1. The maximum atomic E-state index is 12.0. The Bertz CT molecular complexity index is 445. The fourth-order valence-corrected chi connectivity index (χ4v) is 2.31. The third kappa shape index (κ3) is 5.46. The van der Waals surface area contributed by atoms with Gasteiger partial charge in [0.1, 0.15) is 0 Å². The van der Waals surface area contributed by atoms with Gasteiger partial charge in [-0.2, -0.15) is 0 Å². The largest absolute Gasteiger partial charge is 0.377 e. The molecule has 1 heterocycles. The molecule has 2 rings (SSSR count). The second kappa shape index (κ2) is 8.77. The number of nitrogens with one attached hydrogen (secondary N) is 2. The van der Waals surface area contributed by atoms with Crippen molar-refractivity contribution in [3.8, 4) is 0 Å². The first-order chi connectivity index (χ1) is 10.3. The molecule has 0 bridgehead atoms. The Labute approximate surface area is 126 Å². The van der Waals surface area contributed by atoms with Crippen LogP contribution in [0.4, 0.5) is 0 Å². The van der Waals surface area contributed by atoms with Gasteiger partial charge in [0.2, 0.25) is 5.91 Å². The first kappa shape index (κ1) is 15.9. The van der Waals surface area contributed by atoms with Crippen LogP contribution in [-0.2, 0) is 27.4 Å². The van der Waals surface area contributed by atoms with Crippen molar-refractivity contribution in [3.05, 3.63) is 35.4 Å². The summed E-state index contributed by atoms with van der Waals surface area (Å²) in [6.45, 7) is 6.06. The van der Waals surface area contributed by atoms with Gasteiger partial charge in [-0.05, 0) is 18.1 Å². The van der Waals surface area contributed by atoms with Gasteiger partial charge in [0.15, 0.2) is 0 Å². The SMILES string of the molecule is CCOCc1ccccc1CNC(=O)CC1CNCCO1. The summed E-state index contributed by atoms with van der Waals surface area (Å²) in [6.07, 6.45) is 0.387. The molecule has 5 heteroatoms. The summed E-state index contributed by atoms with van der Waals surface area (Å²) in [7, 11) is 0. The average molecular weight is 292 g/mol. The third-order valence-corrected chi connectivity index (χ3v) is 3.47. The molecule has 21 heavy (non-hydrogen) atoms. The van der Waals surface area contributed by atoms with E-state index in [0.717, 1.165) is 24.2 Å². The Kier molecular flexibility index (Phi) is 6.66. The smallest absolute Gasteiger partial charge is 0.222 e. The minimum absolute atomic E-state index is 0.0163. The van der Waals surface area contributed by atoms with E-state index in [9.17, 15) is 4.79 Å². The fraction of sp³-hybridized carbons (Fsp3) is 0.562. The molecule has 1 aromatic carbocycles. The van der Waals surface area contributed by atoms with Crippen LogP contribution in [0.2, 0.25) is 0 Å². The molecule has 1 amide bonds. The minimum Gasteiger partial charge on any atom is -0.377 e. The predicted octanol–water partition coefficient (Wildman–Crippen LogP) is 1.22. The van der Waals surface area contributed by atoms with Crippen molar-refractivity contribution in [3.63, 3.8) is 0 Å². The molecule has 0 aromatic heterocycles. The topological polar surface area (TPSA) is 59.6 Å². The molecule has 1 fully saturated rings. The molecule has 116 valence electrons. The molecule has 1 aliphatic rings. The van der Waals surface area contributed by atoms with E-state index in [1.807, 2.05) is 31.2 Å². The van der Waals surface area contributed by atoms with E-state index in [2.05, 4.69) is 10.6 Å². The van der Waals surface area contributed by atoms with Crippen LogP contribution in [0.5, 0.6) is 0 Å². The van der Waals surface area contributed by atoms with Gasteiger partial charge in [-0.25, -0.2) is 0 Å². The van der Waals surface area contributed by atoms with Gasteiger partial charge in [0.05, 0.1) is 25.7 Å². The number of benzene rings is 1. The highest BCUT2D eigenvalue weighted by Crippen LogP contribution is 2.10. The van der Waals surface area contributed by atoms with E-state index in [1.54, 1.807) is 0 Å². The lowest BCUT2D eigenvalue weighted by Gasteiger charge is -2.23. The number of hydrogen-bond acceptors (Lipinski definition) is 4. The van der Waals surface area contributed by atoms with Crippen molar-refractivity contribution in [2.24, 2.45) is 0 Å². The number of hydrogen-bond donors (Lipinski definition) is 2. The van der Waals surface area contributed by atoms with Gasteiger partial charge >= 0.3 is 0 Å². The molecular weight excluding hydrogens is 268 g/mol. The third-order valence-electron chi connectivity index (χ3n) is 3.47. The Morgan fingerprint density at radius 2 is 2.24 bits per heavy atom. The van der Waals surface area contributed by atoms with Gasteiger partial charge in [-0.15, -0.1) is 0 Å². The van der Waals surface area contributed by atoms with Crippen LogP contribution in [-0.4, -0.2) is 38.3 Å². The lowest BCUT2D eigenvalue weighted by molar-refractivity contribution is -0.124. The average Bonchev–Trinajstić information content (AvgIpc) is 2.52. The zero-order valence-electron chi connectivity index (χ0n) is 12.6. The second-order valence-corrected chi connectivity index (χ2v) is 5.08. The van der Waals surface area contributed by atoms with Gasteiger partial charge in [0.25, 0.3) is 0 Å². The lowest BCUT2D eigenvalue weighted by Crippen LogP contribution is -2.41. The molecule has 0 spiro atoms. The highest BCUT2D eigenvalue weighted by Gasteiger charge is 2.17. The van der Waals surface area contributed by atoms with E-state index in [0.29, 0.717) is 32.8 Å². The fourth-order valence-electron chi connectivity index (χ4n) is 2.31. The van der Waals surface area contributed by atoms with Gasteiger partial charge in [0, 0.05) is 26.2 Å².